The molecule has 148 valence electrons. The molecule has 0 aliphatic rings. The largest absolute Gasteiger partial charge is 0.465 e. The Hall–Kier alpha value is -3.11. The van der Waals surface area contributed by atoms with Crippen LogP contribution in [0.3, 0.4) is 0 Å². The van der Waals surface area contributed by atoms with Gasteiger partial charge in [0.25, 0.3) is 0 Å². The van der Waals surface area contributed by atoms with E-state index in [9.17, 15) is 0 Å². The fourth-order valence-corrected chi connectivity index (χ4v) is 3.61. The molecule has 0 atom stereocenters. The standard InChI is InChI=1S/C25H26N2O2/c1-18-9-12-22(29-18)16-26-25-14-13-23-21(7-4-8-24(23)27-25)11-10-19-5-3-6-20(15-19)17-28-2/h3-9,12-15H,10-11,16-17H2,1-2H3,(H,26,27). The number of rotatable bonds is 8. The quantitative estimate of drug-likeness (QED) is 0.423. The van der Waals surface area contributed by atoms with Crippen LogP contribution in [0.25, 0.3) is 10.9 Å². The molecule has 0 bridgehead atoms. The van der Waals surface area contributed by atoms with Gasteiger partial charge in [-0.3, -0.25) is 0 Å². The summed E-state index contributed by atoms with van der Waals surface area (Å²) in [4.78, 5) is 4.78. The first-order valence-corrected chi connectivity index (χ1v) is 9.96. The van der Waals surface area contributed by atoms with Gasteiger partial charge in [0, 0.05) is 12.5 Å². The average Bonchev–Trinajstić information content (AvgIpc) is 3.16. The smallest absolute Gasteiger partial charge is 0.127 e. The number of hydrogen-bond donors (Lipinski definition) is 1. The van der Waals surface area contributed by atoms with Crippen LogP contribution in [0.2, 0.25) is 0 Å². The van der Waals surface area contributed by atoms with E-state index in [0.29, 0.717) is 13.2 Å². The molecule has 0 spiro atoms. The maximum Gasteiger partial charge on any atom is 0.127 e. The number of hydrogen-bond acceptors (Lipinski definition) is 4. The number of methoxy groups -OCH3 is 1. The average molecular weight is 386 g/mol. The summed E-state index contributed by atoms with van der Waals surface area (Å²) in [6.07, 6.45) is 1.97. The molecule has 0 radical (unpaired) electrons. The minimum Gasteiger partial charge on any atom is -0.465 e. The van der Waals surface area contributed by atoms with E-state index in [1.54, 1.807) is 7.11 Å². The summed E-state index contributed by atoms with van der Waals surface area (Å²) in [6, 6.07) is 23.1. The van der Waals surface area contributed by atoms with Gasteiger partial charge in [0.05, 0.1) is 18.7 Å². The molecule has 4 rings (SSSR count). The van der Waals surface area contributed by atoms with Crippen LogP contribution in [0.5, 0.6) is 0 Å². The topological polar surface area (TPSA) is 47.3 Å². The Balaban J connectivity index is 1.46. The second kappa shape index (κ2) is 8.93. The van der Waals surface area contributed by atoms with E-state index in [1.165, 1.54) is 22.1 Å². The third-order valence-corrected chi connectivity index (χ3v) is 5.05. The Kier molecular flexibility index (Phi) is 5.92. The molecule has 1 N–H and O–H groups in total. The Bertz CT molecular complexity index is 1100. The lowest BCUT2D eigenvalue weighted by Gasteiger charge is -2.10. The summed E-state index contributed by atoms with van der Waals surface area (Å²) in [5, 5.41) is 4.55. The first-order valence-electron chi connectivity index (χ1n) is 9.96. The molecule has 0 aliphatic carbocycles. The summed E-state index contributed by atoms with van der Waals surface area (Å²) in [5.74, 6) is 2.69. The van der Waals surface area contributed by atoms with Gasteiger partial charge in [0.15, 0.2) is 0 Å². The van der Waals surface area contributed by atoms with Crippen LogP contribution in [0.15, 0.2) is 71.1 Å². The van der Waals surface area contributed by atoms with Gasteiger partial charge in [-0.1, -0.05) is 36.4 Å². The number of anilines is 1. The van der Waals surface area contributed by atoms with E-state index in [-0.39, 0.29) is 0 Å². The molecule has 4 aromatic rings. The van der Waals surface area contributed by atoms with Crippen molar-refractivity contribution in [1.82, 2.24) is 4.98 Å². The van der Waals surface area contributed by atoms with Crippen LogP contribution in [0.1, 0.15) is 28.2 Å². The maximum atomic E-state index is 5.61. The second-order valence-corrected chi connectivity index (χ2v) is 7.30. The van der Waals surface area contributed by atoms with Crippen molar-refractivity contribution in [3.05, 3.63) is 94.9 Å². The summed E-state index contributed by atoms with van der Waals surface area (Å²) in [7, 11) is 1.73. The zero-order valence-corrected chi connectivity index (χ0v) is 16.9. The summed E-state index contributed by atoms with van der Waals surface area (Å²) < 4.78 is 10.9. The van der Waals surface area contributed by atoms with Crippen LogP contribution < -0.4 is 5.32 Å². The highest BCUT2D eigenvalue weighted by molar-refractivity contribution is 5.83. The maximum absolute atomic E-state index is 5.61. The van der Waals surface area contributed by atoms with Crippen molar-refractivity contribution in [3.63, 3.8) is 0 Å². The first-order chi connectivity index (χ1) is 14.2. The van der Waals surface area contributed by atoms with Crippen molar-refractivity contribution in [2.24, 2.45) is 0 Å². The molecule has 0 amide bonds. The monoisotopic (exact) mass is 386 g/mol. The molecule has 0 fully saturated rings. The van der Waals surface area contributed by atoms with Crippen molar-refractivity contribution < 1.29 is 9.15 Å². The van der Waals surface area contributed by atoms with Gasteiger partial charge < -0.3 is 14.5 Å². The highest BCUT2D eigenvalue weighted by atomic mass is 16.5. The molecular weight excluding hydrogens is 360 g/mol. The molecule has 0 saturated carbocycles. The highest BCUT2D eigenvalue weighted by Crippen LogP contribution is 2.22. The SMILES string of the molecule is COCc1cccc(CCc2cccc3nc(NCc4ccc(C)o4)ccc23)c1. The number of ether oxygens (including phenoxy) is 1. The Labute approximate surface area is 171 Å². The molecular formula is C25H26N2O2. The Morgan fingerprint density at radius 1 is 0.931 bits per heavy atom. The van der Waals surface area contributed by atoms with Crippen molar-refractivity contribution in [3.8, 4) is 0 Å². The lowest BCUT2D eigenvalue weighted by atomic mass is 9.99. The third kappa shape index (κ3) is 4.84. The lowest BCUT2D eigenvalue weighted by Crippen LogP contribution is -2.01. The number of furan rings is 1. The first kappa shape index (κ1) is 19.2. The second-order valence-electron chi connectivity index (χ2n) is 7.30. The van der Waals surface area contributed by atoms with Gasteiger partial charge in [-0.15, -0.1) is 0 Å². The van der Waals surface area contributed by atoms with Crippen LogP contribution >= 0.6 is 0 Å². The van der Waals surface area contributed by atoms with E-state index in [0.717, 1.165) is 35.7 Å². The normalized spacial score (nSPS) is 11.1. The number of fused-ring (bicyclic) bond motifs is 1. The third-order valence-electron chi connectivity index (χ3n) is 5.05. The van der Waals surface area contributed by atoms with Gasteiger partial charge in [-0.2, -0.15) is 0 Å². The van der Waals surface area contributed by atoms with E-state index >= 15 is 0 Å². The molecule has 0 unspecified atom stereocenters. The molecule has 0 saturated heterocycles. The lowest BCUT2D eigenvalue weighted by molar-refractivity contribution is 0.185. The van der Waals surface area contributed by atoms with Gasteiger partial charge in [0.2, 0.25) is 0 Å². The number of nitrogens with zero attached hydrogens (tertiary/aromatic N) is 1. The van der Waals surface area contributed by atoms with Crippen LogP contribution in [0, 0.1) is 6.92 Å². The van der Waals surface area contributed by atoms with Crippen molar-refractivity contribution >= 4 is 16.7 Å². The predicted molar refractivity (Wildman–Crippen MR) is 117 cm³/mol. The minimum absolute atomic E-state index is 0.629. The van der Waals surface area contributed by atoms with E-state index < -0.39 is 0 Å². The summed E-state index contributed by atoms with van der Waals surface area (Å²) in [5.41, 5.74) is 4.88. The van der Waals surface area contributed by atoms with Gasteiger partial charge in [-0.25, -0.2) is 4.98 Å². The van der Waals surface area contributed by atoms with Crippen LogP contribution in [0.4, 0.5) is 5.82 Å². The molecule has 2 heterocycles. The predicted octanol–water partition coefficient (Wildman–Crippen LogP) is 5.68. The molecule has 4 heteroatoms. The number of nitrogens with one attached hydrogen (secondary N) is 1. The zero-order chi connectivity index (χ0) is 20.1. The van der Waals surface area contributed by atoms with E-state index in [2.05, 4.69) is 53.8 Å². The van der Waals surface area contributed by atoms with Crippen molar-refractivity contribution in [1.29, 1.82) is 0 Å². The number of benzene rings is 2. The van der Waals surface area contributed by atoms with Gasteiger partial charge in [0.1, 0.15) is 17.3 Å². The molecule has 29 heavy (non-hydrogen) atoms. The van der Waals surface area contributed by atoms with Gasteiger partial charge in [-0.05, 0) is 66.8 Å². The highest BCUT2D eigenvalue weighted by Gasteiger charge is 2.06. The fraction of sp³-hybridized carbons (Fsp3) is 0.240. The molecule has 2 aromatic heterocycles. The molecule has 4 nitrogen and oxygen atoms in total. The number of aryl methyl sites for hydroxylation is 3. The van der Waals surface area contributed by atoms with Crippen molar-refractivity contribution in [2.75, 3.05) is 12.4 Å². The van der Waals surface area contributed by atoms with Gasteiger partial charge >= 0.3 is 0 Å². The fourth-order valence-electron chi connectivity index (χ4n) is 3.61. The van der Waals surface area contributed by atoms with E-state index in [1.807, 2.05) is 25.1 Å². The summed E-state index contributed by atoms with van der Waals surface area (Å²) >= 11 is 0. The Morgan fingerprint density at radius 3 is 2.62 bits per heavy atom. The number of aromatic nitrogens is 1. The zero-order valence-electron chi connectivity index (χ0n) is 16.9. The molecule has 2 aromatic carbocycles. The number of pyridine rings is 1. The molecule has 0 aliphatic heterocycles. The Morgan fingerprint density at radius 2 is 1.79 bits per heavy atom. The van der Waals surface area contributed by atoms with Crippen LogP contribution in [-0.2, 0) is 30.7 Å². The van der Waals surface area contributed by atoms with Crippen LogP contribution in [-0.4, -0.2) is 12.1 Å². The summed E-state index contributed by atoms with van der Waals surface area (Å²) in [6.45, 7) is 3.23. The van der Waals surface area contributed by atoms with E-state index in [4.69, 9.17) is 14.1 Å². The van der Waals surface area contributed by atoms with Crippen molar-refractivity contribution in [2.45, 2.75) is 32.9 Å². The minimum atomic E-state index is 0.629.